The number of carbonyl (C=O) groups is 3. The quantitative estimate of drug-likeness (QED) is 0.0193. The van der Waals surface area contributed by atoms with Gasteiger partial charge in [-0.3, -0.25) is 18.9 Å². The van der Waals surface area contributed by atoms with E-state index in [9.17, 15) is 28.9 Å². The maximum absolute atomic E-state index is 12.8. The number of aliphatic hydroxyl groups is 1. The number of hydrogen-bond donors (Lipinski definition) is 2. The molecule has 0 fully saturated rings. The van der Waals surface area contributed by atoms with Crippen molar-refractivity contribution in [1.82, 2.24) is 6.15 Å². The van der Waals surface area contributed by atoms with E-state index in [1.165, 1.54) is 116 Å². The predicted molar refractivity (Wildman–Crippen MR) is 302 cm³/mol. The normalized spacial score (nSPS) is 13.4. The number of ether oxygens (including phenoxy) is 3. The van der Waals surface area contributed by atoms with E-state index in [-0.39, 0.29) is 32.0 Å². The molecule has 1 unspecified atom stereocenters. The number of quaternary nitrogens is 1. The molecule has 0 saturated carbocycles. The zero-order valence-corrected chi connectivity index (χ0v) is 48.5. The Labute approximate surface area is 448 Å². The lowest BCUT2D eigenvalue weighted by Gasteiger charge is -2.26. The molecule has 3 atom stereocenters. The smallest absolute Gasteiger partial charge is 0.306 e. The molecule has 430 valence electrons. The van der Waals surface area contributed by atoms with Crippen LogP contribution in [0.2, 0.25) is 0 Å². The maximum atomic E-state index is 12.8. The molecule has 0 bridgehead atoms. The summed E-state index contributed by atoms with van der Waals surface area (Å²) in [7, 11) is -4.98. The number of carbonyl (C=O) groups excluding carboxylic acids is 3. The number of hydrogen-bond acceptors (Lipinski definition) is 11. The Morgan fingerprint density at radius 1 is 0.397 bits per heavy atom. The van der Waals surface area contributed by atoms with Gasteiger partial charge < -0.3 is 39.4 Å². The minimum atomic E-state index is -4.98. The highest BCUT2D eigenvalue weighted by molar-refractivity contribution is 7.45. The first kappa shape index (κ1) is 72.7. The number of esters is 3. The third-order valence-electron chi connectivity index (χ3n) is 12.9. The summed E-state index contributed by atoms with van der Waals surface area (Å²) in [6.07, 6.45) is 56.4. The van der Waals surface area contributed by atoms with Crippen LogP contribution >= 0.6 is 7.82 Å². The molecule has 0 aliphatic carbocycles. The number of allylic oxidation sites excluding steroid dienone is 6. The molecule has 73 heavy (non-hydrogen) atoms. The van der Waals surface area contributed by atoms with E-state index in [0.717, 1.165) is 116 Å². The molecule has 0 aliphatic heterocycles. The predicted octanol–water partition coefficient (Wildman–Crippen LogP) is 17.3. The van der Waals surface area contributed by atoms with Gasteiger partial charge in [-0.05, 0) is 96.3 Å². The molecule has 12 nitrogen and oxygen atoms in total. The highest BCUT2D eigenvalue weighted by Crippen LogP contribution is 2.38. The molecular formula is C60H114NO11P. The van der Waals surface area contributed by atoms with Gasteiger partial charge in [0.05, 0.1) is 13.2 Å². The molecule has 0 radical (unpaired) electrons. The molecule has 0 amide bonds. The average Bonchev–Trinajstić information content (AvgIpc) is 3.37. The average molecular weight is 1060 g/mol. The Hall–Kier alpha value is -2.34. The molecule has 5 N–H and O–H groups in total. The van der Waals surface area contributed by atoms with Crippen molar-refractivity contribution in [2.45, 2.75) is 303 Å². The summed E-state index contributed by atoms with van der Waals surface area (Å²) in [6, 6.07) is 0. The van der Waals surface area contributed by atoms with E-state index in [0.29, 0.717) is 19.3 Å². The molecule has 0 saturated heterocycles. The zero-order valence-electron chi connectivity index (χ0n) is 47.6. The second-order valence-corrected chi connectivity index (χ2v) is 21.6. The molecule has 0 spiro atoms. The third-order valence-corrected chi connectivity index (χ3v) is 13.9. The van der Waals surface area contributed by atoms with Gasteiger partial charge in [0.25, 0.3) is 7.82 Å². The van der Waals surface area contributed by atoms with Gasteiger partial charge in [0, 0.05) is 19.3 Å². The van der Waals surface area contributed by atoms with Crippen molar-refractivity contribution in [2.24, 2.45) is 0 Å². The molecule has 0 aliphatic rings. The van der Waals surface area contributed by atoms with Crippen molar-refractivity contribution in [3.63, 3.8) is 0 Å². The standard InChI is InChI=1S/C60H111O11P.H3N/c1-4-7-10-13-16-19-22-25-28-31-34-37-40-43-46-49-58(62)67-52-56(61)53-69-72(65,66)70-55-57(71-60(64)51-48-45-42-39-36-33-30-27-24-21-18-15-12-9-6-3)54-68-59(63)50-47-44-41-38-35-32-29-26-23-20-17-14-11-8-5-2;/h25-30,56-57,61H,4-24,31-55H2,1-3H3,(H,65,66);1H3/b28-25+,29-26+,30-27+;/t56-,57+;/m0./s1. The number of aliphatic hydroxyl groups excluding tert-OH is 1. The first-order chi connectivity index (χ1) is 35.1. The van der Waals surface area contributed by atoms with E-state index in [1.54, 1.807) is 0 Å². The monoisotopic (exact) mass is 1060 g/mol. The van der Waals surface area contributed by atoms with E-state index in [1.807, 2.05) is 0 Å². The van der Waals surface area contributed by atoms with Gasteiger partial charge in [-0.1, -0.05) is 211 Å². The number of phosphoric acid groups is 1. The van der Waals surface area contributed by atoms with Gasteiger partial charge in [0.15, 0.2) is 6.10 Å². The van der Waals surface area contributed by atoms with Crippen LogP contribution in [0.25, 0.3) is 0 Å². The molecule has 0 heterocycles. The molecule has 0 aromatic carbocycles. The van der Waals surface area contributed by atoms with Gasteiger partial charge >= 0.3 is 17.9 Å². The van der Waals surface area contributed by atoms with Crippen LogP contribution < -0.4 is 11.0 Å². The summed E-state index contributed by atoms with van der Waals surface area (Å²) < 4.78 is 38.7. The largest absolute Gasteiger partial charge is 0.756 e. The summed E-state index contributed by atoms with van der Waals surface area (Å²) >= 11 is 0. The van der Waals surface area contributed by atoms with E-state index in [4.69, 9.17) is 23.3 Å². The van der Waals surface area contributed by atoms with Crippen LogP contribution in [0.3, 0.4) is 0 Å². The lowest BCUT2D eigenvalue weighted by Crippen LogP contribution is -2.31. The van der Waals surface area contributed by atoms with Gasteiger partial charge in [-0.15, -0.1) is 0 Å². The second-order valence-electron chi connectivity index (χ2n) is 20.2. The minimum absolute atomic E-state index is 0. The highest BCUT2D eigenvalue weighted by Gasteiger charge is 2.22. The molecule has 0 rings (SSSR count). The van der Waals surface area contributed by atoms with Crippen molar-refractivity contribution in [2.75, 3.05) is 26.4 Å². The number of phosphoric ester groups is 1. The fraction of sp³-hybridized carbons (Fsp3) is 0.850. The zero-order chi connectivity index (χ0) is 52.7. The molecular weight excluding hydrogens is 942 g/mol. The van der Waals surface area contributed by atoms with Crippen molar-refractivity contribution >= 4 is 25.7 Å². The summed E-state index contributed by atoms with van der Waals surface area (Å²) in [5, 5.41) is 10.3. The van der Waals surface area contributed by atoms with Crippen LogP contribution in [0.5, 0.6) is 0 Å². The van der Waals surface area contributed by atoms with E-state index in [2.05, 4.69) is 57.2 Å². The summed E-state index contributed by atoms with van der Waals surface area (Å²) in [4.78, 5) is 50.4. The minimum Gasteiger partial charge on any atom is -0.756 e. The first-order valence-electron chi connectivity index (χ1n) is 29.9. The number of unbranched alkanes of at least 4 members (excludes halogenated alkanes) is 33. The van der Waals surface area contributed by atoms with Crippen molar-refractivity contribution in [3.8, 4) is 0 Å². The summed E-state index contributed by atoms with van der Waals surface area (Å²) in [5.74, 6) is -1.45. The molecule has 0 aromatic rings. The van der Waals surface area contributed by atoms with Crippen molar-refractivity contribution < 1.29 is 52.2 Å². The number of rotatable bonds is 56. The lowest BCUT2D eigenvalue weighted by atomic mass is 10.1. The van der Waals surface area contributed by atoms with Crippen LogP contribution in [0.4, 0.5) is 0 Å². The fourth-order valence-electron chi connectivity index (χ4n) is 8.34. The topological polar surface area (TPSA) is 194 Å². The highest BCUT2D eigenvalue weighted by atomic mass is 31.2. The molecule has 0 aromatic heterocycles. The van der Waals surface area contributed by atoms with E-state index >= 15 is 0 Å². The maximum Gasteiger partial charge on any atom is 0.306 e. The summed E-state index contributed by atoms with van der Waals surface area (Å²) in [5.41, 5.74) is 0. The Morgan fingerprint density at radius 2 is 0.671 bits per heavy atom. The van der Waals surface area contributed by atoms with Gasteiger partial charge in [-0.2, -0.15) is 0 Å². The Kier molecular flexibility index (Phi) is 57.2. The first-order valence-corrected chi connectivity index (χ1v) is 31.3. The van der Waals surface area contributed by atoms with Gasteiger partial charge in [-0.25, -0.2) is 0 Å². The third kappa shape index (κ3) is 57.2. The summed E-state index contributed by atoms with van der Waals surface area (Å²) in [6.45, 7) is 4.62. The second kappa shape index (κ2) is 57.4. The van der Waals surface area contributed by atoms with Crippen LogP contribution in [0, 0.1) is 0 Å². The lowest BCUT2D eigenvalue weighted by molar-refractivity contribution is -0.230. The van der Waals surface area contributed by atoms with E-state index < -0.39 is 57.8 Å². The molecule has 13 heteroatoms. The Balaban J connectivity index is 0. The Morgan fingerprint density at radius 3 is 1.01 bits per heavy atom. The fourth-order valence-corrected chi connectivity index (χ4v) is 9.12. The SMILES string of the molecule is CCCCCCCC/C=C/CCCCCCCC(=O)OC[C@H](O)COP(=O)([O-])OC[C@@H](COC(=O)CCCCCCC/C=C/CCCCCCCC)OC(=O)CCCCCCC/C=C/CCCCCCCC.[NH4+]. The van der Waals surface area contributed by atoms with Crippen molar-refractivity contribution in [1.29, 1.82) is 0 Å². The van der Waals surface area contributed by atoms with Crippen molar-refractivity contribution in [3.05, 3.63) is 36.5 Å². The van der Waals surface area contributed by atoms with Gasteiger partial charge in [0.1, 0.15) is 19.3 Å². The van der Waals surface area contributed by atoms with Crippen LogP contribution in [0.1, 0.15) is 290 Å². The van der Waals surface area contributed by atoms with Gasteiger partial charge in [0.2, 0.25) is 0 Å². The Bertz CT molecular complexity index is 1360. The van der Waals surface area contributed by atoms with Crippen LogP contribution in [0.15, 0.2) is 36.5 Å². The van der Waals surface area contributed by atoms with Crippen LogP contribution in [-0.2, 0) is 42.2 Å². The van der Waals surface area contributed by atoms with Crippen LogP contribution in [-0.4, -0.2) is 61.6 Å².